The minimum atomic E-state index is -0.375. The van der Waals surface area contributed by atoms with Gasteiger partial charge in [-0.3, -0.25) is 4.79 Å². The molecular formula is C18H14ClFN2O3. The minimum absolute atomic E-state index is 0.164. The van der Waals surface area contributed by atoms with Gasteiger partial charge in [0.15, 0.2) is 11.5 Å². The normalized spacial score (nSPS) is 10.5. The van der Waals surface area contributed by atoms with Crippen LogP contribution in [-0.2, 0) is 0 Å². The number of hydrogen-bond acceptors (Lipinski definition) is 4. The van der Waals surface area contributed by atoms with E-state index in [1.54, 1.807) is 24.3 Å². The molecule has 0 spiro atoms. The zero-order valence-corrected chi connectivity index (χ0v) is 13.8. The summed E-state index contributed by atoms with van der Waals surface area (Å²) in [5.41, 5.74) is 0.899. The first-order chi connectivity index (χ1) is 12.1. The van der Waals surface area contributed by atoms with E-state index in [4.69, 9.17) is 20.9 Å². The van der Waals surface area contributed by atoms with Crippen LogP contribution in [-0.4, -0.2) is 24.2 Å². The molecule has 128 valence electrons. The molecule has 5 nitrogen and oxygen atoms in total. The zero-order chi connectivity index (χ0) is 17.6. The Kier molecular flexibility index (Phi) is 5.30. The van der Waals surface area contributed by atoms with Gasteiger partial charge in [-0.1, -0.05) is 28.9 Å². The van der Waals surface area contributed by atoms with Crippen LogP contribution in [0.15, 0.2) is 59.1 Å². The maximum Gasteiger partial charge on any atom is 0.273 e. The number of aromatic nitrogens is 1. The van der Waals surface area contributed by atoms with E-state index in [9.17, 15) is 9.18 Å². The van der Waals surface area contributed by atoms with Crippen molar-refractivity contribution < 1.29 is 18.4 Å². The number of rotatable bonds is 6. The fourth-order valence-electron chi connectivity index (χ4n) is 2.11. The van der Waals surface area contributed by atoms with Crippen molar-refractivity contribution in [3.8, 4) is 17.1 Å². The van der Waals surface area contributed by atoms with Crippen LogP contribution in [0.4, 0.5) is 4.39 Å². The lowest BCUT2D eigenvalue weighted by Crippen LogP contribution is -2.28. The highest BCUT2D eigenvalue weighted by Gasteiger charge is 2.13. The van der Waals surface area contributed by atoms with Crippen molar-refractivity contribution in [1.29, 1.82) is 0 Å². The first-order valence-corrected chi connectivity index (χ1v) is 7.89. The third-order valence-corrected chi connectivity index (χ3v) is 3.56. The monoisotopic (exact) mass is 360 g/mol. The van der Waals surface area contributed by atoms with E-state index < -0.39 is 0 Å². The van der Waals surface area contributed by atoms with Crippen LogP contribution in [0.2, 0.25) is 5.02 Å². The quantitative estimate of drug-likeness (QED) is 0.676. The molecule has 0 aliphatic carbocycles. The smallest absolute Gasteiger partial charge is 0.273 e. The number of halogens is 2. The lowest BCUT2D eigenvalue weighted by molar-refractivity contribution is 0.0938. The molecule has 0 unspecified atom stereocenters. The first-order valence-electron chi connectivity index (χ1n) is 7.51. The molecule has 3 aromatic rings. The van der Waals surface area contributed by atoms with Crippen molar-refractivity contribution >= 4 is 17.5 Å². The van der Waals surface area contributed by atoms with Crippen molar-refractivity contribution in [2.45, 2.75) is 0 Å². The molecule has 1 aromatic heterocycles. The Morgan fingerprint density at radius 1 is 1.20 bits per heavy atom. The van der Waals surface area contributed by atoms with E-state index in [1.807, 2.05) is 6.07 Å². The summed E-state index contributed by atoms with van der Waals surface area (Å²) in [5, 5.41) is 6.99. The predicted octanol–water partition coefficient (Wildman–Crippen LogP) is 3.94. The second kappa shape index (κ2) is 7.81. The van der Waals surface area contributed by atoms with Gasteiger partial charge in [0.2, 0.25) is 0 Å². The molecule has 0 saturated carbocycles. The Morgan fingerprint density at radius 2 is 2.00 bits per heavy atom. The van der Waals surface area contributed by atoms with Gasteiger partial charge in [-0.2, -0.15) is 0 Å². The lowest BCUT2D eigenvalue weighted by Gasteiger charge is -2.06. The number of hydrogen-bond donors (Lipinski definition) is 1. The Morgan fingerprint density at radius 3 is 2.76 bits per heavy atom. The second-order valence-corrected chi connectivity index (χ2v) is 5.58. The van der Waals surface area contributed by atoms with Crippen LogP contribution >= 0.6 is 11.6 Å². The molecule has 0 bridgehead atoms. The van der Waals surface area contributed by atoms with E-state index in [0.717, 1.165) is 5.56 Å². The van der Waals surface area contributed by atoms with Gasteiger partial charge in [0.25, 0.3) is 5.91 Å². The average Bonchev–Trinajstić information content (AvgIpc) is 3.10. The highest BCUT2D eigenvalue weighted by atomic mass is 35.5. The van der Waals surface area contributed by atoms with Crippen LogP contribution in [0.1, 0.15) is 10.5 Å². The summed E-state index contributed by atoms with van der Waals surface area (Å²) in [7, 11) is 0. The Balaban J connectivity index is 1.51. The Bertz CT molecular complexity index is 865. The molecule has 0 aliphatic rings. The fourth-order valence-corrected chi connectivity index (χ4v) is 2.31. The van der Waals surface area contributed by atoms with Crippen molar-refractivity contribution in [1.82, 2.24) is 10.5 Å². The number of amides is 1. The molecule has 1 heterocycles. The molecule has 1 amide bonds. The molecule has 0 radical (unpaired) electrons. The summed E-state index contributed by atoms with van der Waals surface area (Å²) >= 11 is 5.93. The van der Waals surface area contributed by atoms with Crippen molar-refractivity contribution in [3.63, 3.8) is 0 Å². The highest BCUT2D eigenvalue weighted by Crippen LogP contribution is 2.23. The second-order valence-electron chi connectivity index (χ2n) is 5.15. The van der Waals surface area contributed by atoms with Crippen LogP contribution < -0.4 is 10.1 Å². The zero-order valence-electron chi connectivity index (χ0n) is 13.0. The molecule has 0 atom stereocenters. The van der Waals surface area contributed by atoms with Gasteiger partial charge in [0.05, 0.1) is 6.54 Å². The van der Waals surface area contributed by atoms with Gasteiger partial charge in [0, 0.05) is 16.7 Å². The standard InChI is InChI=1S/C18H14ClFN2O3/c19-13-3-1-2-12(10-13)17-11-16(22-25-17)18(23)21-8-9-24-15-6-4-14(20)5-7-15/h1-7,10-11H,8-9H2,(H,21,23). The minimum Gasteiger partial charge on any atom is -0.492 e. The van der Waals surface area contributed by atoms with Crippen LogP contribution in [0, 0.1) is 5.82 Å². The summed E-state index contributed by atoms with van der Waals surface area (Å²) in [5.74, 6) is 0.275. The van der Waals surface area contributed by atoms with Crippen LogP contribution in [0.25, 0.3) is 11.3 Å². The predicted molar refractivity (Wildman–Crippen MR) is 91.2 cm³/mol. The van der Waals surface area contributed by atoms with E-state index in [-0.39, 0.29) is 30.6 Å². The molecular weight excluding hydrogens is 347 g/mol. The third kappa shape index (κ3) is 4.58. The van der Waals surface area contributed by atoms with Crippen molar-refractivity contribution in [3.05, 3.63) is 71.1 Å². The van der Waals surface area contributed by atoms with E-state index >= 15 is 0 Å². The summed E-state index contributed by atoms with van der Waals surface area (Å²) in [6, 6.07) is 14.3. The van der Waals surface area contributed by atoms with E-state index in [0.29, 0.717) is 16.5 Å². The first kappa shape index (κ1) is 17.0. The van der Waals surface area contributed by atoms with Gasteiger partial charge in [-0.15, -0.1) is 0 Å². The van der Waals surface area contributed by atoms with Gasteiger partial charge in [0.1, 0.15) is 18.2 Å². The van der Waals surface area contributed by atoms with Gasteiger partial charge in [-0.25, -0.2) is 4.39 Å². The molecule has 7 heteroatoms. The van der Waals surface area contributed by atoms with Gasteiger partial charge < -0.3 is 14.6 Å². The summed E-state index contributed by atoms with van der Waals surface area (Å²) in [6.07, 6.45) is 0. The molecule has 0 fully saturated rings. The number of benzene rings is 2. The maximum absolute atomic E-state index is 12.8. The summed E-state index contributed by atoms with van der Waals surface area (Å²) in [6.45, 7) is 0.520. The molecule has 0 saturated heterocycles. The largest absolute Gasteiger partial charge is 0.492 e. The SMILES string of the molecule is O=C(NCCOc1ccc(F)cc1)c1cc(-c2cccc(Cl)c2)on1. The van der Waals surface area contributed by atoms with Gasteiger partial charge in [-0.05, 0) is 36.4 Å². The van der Waals surface area contributed by atoms with E-state index in [2.05, 4.69) is 10.5 Å². The molecule has 2 aromatic carbocycles. The summed E-state index contributed by atoms with van der Waals surface area (Å²) < 4.78 is 23.4. The maximum atomic E-state index is 12.8. The number of nitrogens with zero attached hydrogens (tertiary/aromatic N) is 1. The van der Waals surface area contributed by atoms with Crippen LogP contribution in [0.5, 0.6) is 5.75 Å². The number of nitrogens with one attached hydrogen (secondary N) is 1. The molecule has 3 rings (SSSR count). The number of ether oxygens (including phenoxy) is 1. The number of carbonyl (C=O) groups is 1. The topological polar surface area (TPSA) is 64.4 Å². The fraction of sp³-hybridized carbons (Fsp3) is 0.111. The number of carbonyl (C=O) groups excluding carboxylic acids is 1. The van der Waals surface area contributed by atoms with Gasteiger partial charge >= 0.3 is 0 Å². The van der Waals surface area contributed by atoms with E-state index in [1.165, 1.54) is 24.3 Å². The van der Waals surface area contributed by atoms with Crippen molar-refractivity contribution in [2.24, 2.45) is 0 Å². The molecule has 25 heavy (non-hydrogen) atoms. The highest BCUT2D eigenvalue weighted by molar-refractivity contribution is 6.30. The summed E-state index contributed by atoms with van der Waals surface area (Å²) in [4.78, 5) is 12.0. The van der Waals surface area contributed by atoms with Crippen LogP contribution in [0.3, 0.4) is 0 Å². The Labute approximate surface area is 148 Å². The van der Waals surface area contributed by atoms with Crippen molar-refractivity contribution in [2.75, 3.05) is 13.2 Å². The Hall–Kier alpha value is -2.86. The third-order valence-electron chi connectivity index (χ3n) is 3.32. The molecule has 1 N–H and O–H groups in total. The lowest BCUT2D eigenvalue weighted by atomic mass is 10.1. The molecule has 0 aliphatic heterocycles. The average molecular weight is 361 g/mol.